The van der Waals surface area contributed by atoms with Gasteiger partial charge in [-0.3, -0.25) is 0 Å². The van der Waals surface area contributed by atoms with Gasteiger partial charge in [0.05, 0.1) is 6.61 Å². The van der Waals surface area contributed by atoms with Crippen molar-refractivity contribution in [2.45, 2.75) is 58.1 Å². The predicted molar refractivity (Wildman–Crippen MR) is 79.9 cm³/mol. The molecule has 5 nitrogen and oxygen atoms in total. The zero-order chi connectivity index (χ0) is 15.0. The summed E-state index contributed by atoms with van der Waals surface area (Å²) >= 11 is 0. The van der Waals surface area contributed by atoms with Gasteiger partial charge >= 0.3 is 6.09 Å². The van der Waals surface area contributed by atoms with E-state index in [1.165, 1.54) is 19.3 Å². The number of nitrogens with one attached hydrogen (secondary N) is 2. The first kappa shape index (κ1) is 17.2. The number of alkyl carbamates (subject to hydrolysis) is 1. The molecule has 0 spiro atoms. The maximum absolute atomic E-state index is 11.7. The lowest BCUT2D eigenvalue weighted by Crippen LogP contribution is -2.45. The first-order chi connectivity index (χ1) is 9.42. The lowest BCUT2D eigenvalue weighted by Gasteiger charge is -2.32. The van der Waals surface area contributed by atoms with Crippen LogP contribution in [-0.2, 0) is 9.47 Å². The van der Waals surface area contributed by atoms with Gasteiger partial charge in [-0.15, -0.1) is 0 Å². The van der Waals surface area contributed by atoms with E-state index in [0.717, 1.165) is 19.6 Å². The average Bonchev–Trinajstić information content (AvgIpc) is 2.36. The maximum atomic E-state index is 11.7. The predicted octanol–water partition coefficient (Wildman–Crippen LogP) is 2.31. The molecule has 0 aliphatic heterocycles. The zero-order valence-electron chi connectivity index (χ0n) is 13.3. The lowest BCUT2D eigenvalue weighted by molar-refractivity contribution is 0.0510. The molecule has 2 N–H and O–H groups in total. The molecule has 1 aliphatic rings. The zero-order valence-corrected chi connectivity index (χ0v) is 13.3. The van der Waals surface area contributed by atoms with Crippen molar-refractivity contribution in [1.29, 1.82) is 0 Å². The molecule has 118 valence electrons. The van der Waals surface area contributed by atoms with E-state index in [-0.39, 0.29) is 6.09 Å². The summed E-state index contributed by atoms with van der Waals surface area (Å²) in [6.07, 6.45) is 4.50. The molecule has 0 aromatic carbocycles. The van der Waals surface area contributed by atoms with Gasteiger partial charge in [0, 0.05) is 26.2 Å². The molecule has 0 aromatic heterocycles. The Bertz CT molecular complexity index is 289. The largest absolute Gasteiger partial charge is 0.444 e. The van der Waals surface area contributed by atoms with Crippen LogP contribution in [0, 0.1) is 5.92 Å². The van der Waals surface area contributed by atoms with Crippen molar-refractivity contribution in [3.63, 3.8) is 0 Å². The highest BCUT2D eigenvalue weighted by Gasteiger charge is 2.25. The molecule has 1 aliphatic carbocycles. The highest BCUT2D eigenvalue weighted by atomic mass is 16.6. The van der Waals surface area contributed by atoms with Gasteiger partial charge in [0.15, 0.2) is 0 Å². The summed E-state index contributed by atoms with van der Waals surface area (Å²) in [6.45, 7) is 7.90. The molecular formula is C15H30N2O3. The van der Waals surface area contributed by atoms with E-state index in [1.807, 2.05) is 20.8 Å². The molecule has 5 heteroatoms. The molecule has 2 unspecified atom stereocenters. The van der Waals surface area contributed by atoms with E-state index in [4.69, 9.17) is 9.47 Å². The van der Waals surface area contributed by atoms with Crippen LogP contribution < -0.4 is 10.6 Å². The highest BCUT2D eigenvalue weighted by Crippen LogP contribution is 2.24. The SMILES string of the molecule is COCCNC1CCCCC1CNC(=O)OC(C)(C)C. The fourth-order valence-electron chi connectivity index (χ4n) is 2.60. The van der Waals surface area contributed by atoms with Gasteiger partial charge in [0.1, 0.15) is 5.60 Å². The second-order valence-corrected chi connectivity index (χ2v) is 6.48. The molecular weight excluding hydrogens is 256 g/mol. The summed E-state index contributed by atoms with van der Waals surface area (Å²) in [7, 11) is 1.71. The smallest absolute Gasteiger partial charge is 0.407 e. The number of carbonyl (C=O) groups is 1. The van der Waals surface area contributed by atoms with Crippen LogP contribution in [0.5, 0.6) is 0 Å². The van der Waals surface area contributed by atoms with E-state index in [9.17, 15) is 4.79 Å². The van der Waals surface area contributed by atoms with Crippen molar-refractivity contribution in [3.8, 4) is 0 Å². The van der Waals surface area contributed by atoms with Gasteiger partial charge < -0.3 is 20.1 Å². The summed E-state index contributed by atoms with van der Waals surface area (Å²) in [4.78, 5) is 11.7. The first-order valence-electron chi connectivity index (χ1n) is 7.61. The molecule has 1 saturated carbocycles. The number of rotatable bonds is 6. The van der Waals surface area contributed by atoms with E-state index < -0.39 is 5.60 Å². The Morgan fingerprint density at radius 2 is 1.95 bits per heavy atom. The van der Waals surface area contributed by atoms with Gasteiger partial charge in [-0.25, -0.2) is 4.79 Å². The molecule has 0 aromatic rings. The minimum Gasteiger partial charge on any atom is -0.444 e. The summed E-state index contributed by atoms with van der Waals surface area (Å²) < 4.78 is 10.3. The number of amides is 1. The van der Waals surface area contributed by atoms with Crippen LogP contribution in [0.3, 0.4) is 0 Å². The summed E-state index contributed by atoms with van der Waals surface area (Å²) in [5.41, 5.74) is -0.438. The molecule has 2 atom stereocenters. The van der Waals surface area contributed by atoms with Crippen LogP contribution in [0.2, 0.25) is 0 Å². The Morgan fingerprint density at radius 1 is 1.25 bits per heavy atom. The third kappa shape index (κ3) is 7.10. The molecule has 0 saturated heterocycles. The van der Waals surface area contributed by atoms with Crippen LogP contribution in [-0.4, -0.2) is 44.5 Å². The summed E-state index contributed by atoms with van der Waals surface area (Å²) in [5.74, 6) is 0.480. The Morgan fingerprint density at radius 3 is 2.60 bits per heavy atom. The molecule has 1 fully saturated rings. The van der Waals surface area contributed by atoms with Crippen LogP contribution in [0.15, 0.2) is 0 Å². The Hall–Kier alpha value is -0.810. The number of hydrogen-bond donors (Lipinski definition) is 2. The molecule has 0 heterocycles. The Balaban J connectivity index is 2.33. The van der Waals surface area contributed by atoms with Crippen LogP contribution in [0.25, 0.3) is 0 Å². The topological polar surface area (TPSA) is 59.6 Å². The minimum atomic E-state index is -0.438. The number of methoxy groups -OCH3 is 1. The normalized spacial score (nSPS) is 23.4. The maximum Gasteiger partial charge on any atom is 0.407 e. The molecule has 1 rings (SSSR count). The average molecular weight is 286 g/mol. The molecule has 0 radical (unpaired) electrons. The monoisotopic (exact) mass is 286 g/mol. The quantitative estimate of drug-likeness (QED) is 0.736. The number of ether oxygens (including phenoxy) is 2. The third-order valence-electron chi connectivity index (χ3n) is 3.53. The van der Waals surface area contributed by atoms with Crippen molar-refractivity contribution < 1.29 is 14.3 Å². The van der Waals surface area contributed by atoms with E-state index in [1.54, 1.807) is 7.11 Å². The van der Waals surface area contributed by atoms with E-state index in [2.05, 4.69) is 10.6 Å². The number of hydrogen-bond acceptors (Lipinski definition) is 4. The Labute approximate surface area is 122 Å². The molecule has 1 amide bonds. The van der Waals surface area contributed by atoms with Gasteiger partial charge in [0.2, 0.25) is 0 Å². The lowest BCUT2D eigenvalue weighted by atomic mass is 9.84. The van der Waals surface area contributed by atoms with Gasteiger partial charge in [-0.05, 0) is 39.5 Å². The van der Waals surface area contributed by atoms with Gasteiger partial charge in [-0.1, -0.05) is 12.8 Å². The Kier molecular flexibility index (Phi) is 7.30. The van der Waals surface area contributed by atoms with Crippen LogP contribution >= 0.6 is 0 Å². The fourth-order valence-corrected chi connectivity index (χ4v) is 2.60. The van der Waals surface area contributed by atoms with Crippen LogP contribution in [0.4, 0.5) is 4.79 Å². The third-order valence-corrected chi connectivity index (χ3v) is 3.53. The summed E-state index contributed by atoms with van der Waals surface area (Å²) in [5, 5.41) is 6.42. The minimum absolute atomic E-state index is 0.321. The second-order valence-electron chi connectivity index (χ2n) is 6.48. The second kappa shape index (κ2) is 8.47. The summed E-state index contributed by atoms with van der Waals surface area (Å²) in [6, 6.07) is 0.467. The van der Waals surface area contributed by atoms with Crippen molar-refractivity contribution in [1.82, 2.24) is 10.6 Å². The standard InChI is InChI=1S/C15H30N2O3/c1-15(2,3)20-14(18)17-11-12-7-5-6-8-13(12)16-9-10-19-4/h12-13,16H,5-11H2,1-4H3,(H,17,18). The molecule has 20 heavy (non-hydrogen) atoms. The van der Waals surface area contributed by atoms with E-state index >= 15 is 0 Å². The van der Waals surface area contributed by atoms with Crippen LogP contribution in [0.1, 0.15) is 46.5 Å². The van der Waals surface area contributed by atoms with Crippen molar-refractivity contribution in [2.75, 3.05) is 26.8 Å². The highest BCUT2D eigenvalue weighted by molar-refractivity contribution is 5.67. The first-order valence-corrected chi connectivity index (χ1v) is 7.61. The van der Waals surface area contributed by atoms with Gasteiger partial charge in [-0.2, -0.15) is 0 Å². The van der Waals surface area contributed by atoms with Gasteiger partial charge in [0.25, 0.3) is 0 Å². The van der Waals surface area contributed by atoms with E-state index in [0.29, 0.717) is 18.5 Å². The number of carbonyl (C=O) groups excluding carboxylic acids is 1. The molecule has 0 bridgehead atoms. The van der Waals surface area contributed by atoms with Crippen molar-refractivity contribution in [2.24, 2.45) is 5.92 Å². The fraction of sp³-hybridized carbons (Fsp3) is 0.933. The van der Waals surface area contributed by atoms with Crippen molar-refractivity contribution in [3.05, 3.63) is 0 Å². The van der Waals surface area contributed by atoms with Crippen molar-refractivity contribution >= 4 is 6.09 Å².